The lowest BCUT2D eigenvalue weighted by Gasteiger charge is -2.17. The zero-order valence-corrected chi connectivity index (χ0v) is 18.4. The smallest absolute Gasteiger partial charge is 0.0770 e. The molecular weight excluding hydrogens is 344 g/mol. The van der Waals surface area contributed by atoms with E-state index in [0.717, 1.165) is 30.6 Å². The molecule has 2 rings (SSSR count). The molecule has 2 nitrogen and oxygen atoms in total. The Bertz CT molecular complexity index is 438. The minimum atomic E-state index is -0.514. The summed E-state index contributed by atoms with van der Waals surface area (Å²) in [6.45, 7) is 2.20. The van der Waals surface area contributed by atoms with Crippen LogP contribution in [0.15, 0.2) is 24.3 Å². The number of allylic oxidation sites excluding steroid dienone is 4. The average molecular weight is 391 g/mol. The first-order valence-corrected chi connectivity index (χ1v) is 12.4. The third-order valence-electron chi connectivity index (χ3n) is 6.93. The maximum Gasteiger partial charge on any atom is 0.0770 e. The lowest BCUT2D eigenvalue weighted by Crippen LogP contribution is -2.11. The second kappa shape index (κ2) is 14.4. The van der Waals surface area contributed by atoms with Crippen LogP contribution in [0, 0.1) is 23.7 Å². The molecule has 0 aromatic heterocycles. The summed E-state index contributed by atoms with van der Waals surface area (Å²) in [7, 11) is 0. The molecule has 0 aliphatic heterocycles. The van der Waals surface area contributed by atoms with Crippen molar-refractivity contribution >= 4 is 0 Å². The SMILES string of the molecule is CCCCCC[C@@H](CC=C[C@H]1C=CC[C@@H]1CCCCCCC(O)CO)C1CC1. The number of hydrogen-bond acceptors (Lipinski definition) is 2. The third kappa shape index (κ3) is 9.74. The van der Waals surface area contributed by atoms with E-state index in [1.165, 1.54) is 83.5 Å². The summed E-state index contributed by atoms with van der Waals surface area (Å²) in [5, 5.41) is 18.2. The van der Waals surface area contributed by atoms with Crippen molar-refractivity contribution in [3.8, 4) is 0 Å². The van der Waals surface area contributed by atoms with E-state index in [1.807, 2.05) is 0 Å². The van der Waals surface area contributed by atoms with Gasteiger partial charge in [0, 0.05) is 0 Å². The molecule has 4 atom stereocenters. The molecule has 2 aliphatic rings. The maximum absolute atomic E-state index is 9.39. The van der Waals surface area contributed by atoms with Crippen LogP contribution in [0.4, 0.5) is 0 Å². The Morgan fingerprint density at radius 1 is 1.00 bits per heavy atom. The van der Waals surface area contributed by atoms with E-state index in [0.29, 0.717) is 5.92 Å². The second-order valence-corrected chi connectivity index (χ2v) is 9.44. The Kier molecular flexibility index (Phi) is 12.2. The zero-order valence-electron chi connectivity index (χ0n) is 18.4. The molecule has 1 unspecified atom stereocenters. The van der Waals surface area contributed by atoms with E-state index in [-0.39, 0.29) is 6.61 Å². The zero-order chi connectivity index (χ0) is 20.0. The summed E-state index contributed by atoms with van der Waals surface area (Å²) in [5.41, 5.74) is 0. The molecule has 28 heavy (non-hydrogen) atoms. The molecule has 0 aromatic carbocycles. The molecule has 0 spiro atoms. The summed E-state index contributed by atoms with van der Waals surface area (Å²) in [4.78, 5) is 0. The van der Waals surface area contributed by atoms with Crippen LogP contribution in [0.5, 0.6) is 0 Å². The Morgan fingerprint density at radius 3 is 2.50 bits per heavy atom. The fraction of sp³-hybridized carbons (Fsp3) is 0.846. The van der Waals surface area contributed by atoms with E-state index in [2.05, 4.69) is 31.2 Å². The summed E-state index contributed by atoms with van der Waals surface area (Å²) >= 11 is 0. The Morgan fingerprint density at radius 2 is 1.75 bits per heavy atom. The standard InChI is InChI=1S/C26H46O2/c1-2-3-4-7-12-23(25-19-20-25)15-11-17-24-16-10-14-22(24)13-8-5-6-9-18-26(28)21-27/h10-11,16-17,22-28H,2-9,12-15,18-21H2,1H3/t22-,23-,24+,26?/m0/s1. The highest BCUT2D eigenvalue weighted by Gasteiger charge is 2.29. The van der Waals surface area contributed by atoms with Gasteiger partial charge in [0.05, 0.1) is 12.7 Å². The number of aliphatic hydroxyl groups excluding tert-OH is 2. The molecule has 0 radical (unpaired) electrons. The Labute approximate surface area is 174 Å². The highest BCUT2D eigenvalue weighted by atomic mass is 16.3. The molecule has 2 heteroatoms. The average Bonchev–Trinajstić information content (AvgIpc) is 3.46. The van der Waals surface area contributed by atoms with Gasteiger partial charge in [0.15, 0.2) is 0 Å². The largest absolute Gasteiger partial charge is 0.394 e. The van der Waals surface area contributed by atoms with Gasteiger partial charge in [-0.15, -0.1) is 0 Å². The van der Waals surface area contributed by atoms with Gasteiger partial charge in [0.2, 0.25) is 0 Å². The van der Waals surface area contributed by atoms with E-state index in [1.54, 1.807) is 0 Å². The fourth-order valence-electron chi connectivity index (χ4n) is 4.85. The Balaban J connectivity index is 1.60. The summed E-state index contributed by atoms with van der Waals surface area (Å²) < 4.78 is 0. The van der Waals surface area contributed by atoms with Gasteiger partial charge in [-0.2, -0.15) is 0 Å². The normalized spacial score (nSPS) is 24.2. The molecule has 162 valence electrons. The van der Waals surface area contributed by atoms with Crippen LogP contribution < -0.4 is 0 Å². The summed E-state index contributed by atoms with van der Waals surface area (Å²) in [6, 6.07) is 0. The quantitative estimate of drug-likeness (QED) is 0.211. The van der Waals surface area contributed by atoms with Crippen LogP contribution in [0.3, 0.4) is 0 Å². The van der Waals surface area contributed by atoms with Crippen LogP contribution in [-0.4, -0.2) is 22.9 Å². The molecule has 0 saturated heterocycles. The number of aliphatic hydroxyl groups is 2. The van der Waals surface area contributed by atoms with Crippen LogP contribution >= 0.6 is 0 Å². The second-order valence-electron chi connectivity index (χ2n) is 9.44. The van der Waals surface area contributed by atoms with E-state index < -0.39 is 6.10 Å². The molecule has 1 saturated carbocycles. The van der Waals surface area contributed by atoms with Crippen LogP contribution in [0.25, 0.3) is 0 Å². The van der Waals surface area contributed by atoms with Crippen molar-refractivity contribution in [2.75, 3.05) is 6.61 Å². The van der Waals surface area contributed by atoms with E-state index in [4.69, 9.17) is 5.11 Å². The molecule has 2 aliphatic carbocycles. The first kappa shape index (κ1) is 23.7. The first-order chi connectivity index (χ1) is 13.7. The van der Waals surface area contributed by atoms with Gasteiger partial charge in [-0.05, 0) is 68.6 Å². The van der Waals surface area contributed by atoms with Crippen molar-refractivity contribution in [1.29, 1.82) is 0 Å². The van der Waals surface area contributed by atoms with E-state index >= 15 is 0 Å². The third-order valence-corrected chi connectivity index (χ3v) is 6.93. The van der Waals surface area contributed by atoms with Crippen molar-refractivity contribution in [2.24, 2.45) is 23.7 Å². The predicted molar refractivity (Wildman–Crippen MR) is 120 cm³/mol. The van der Waals surface area contributed by atoms with Gasteiger partial charge in [-0.1, -0.05) is 82.6 Å². The molecule has 2 N–H and O–H groups in total. The molecule has 0 amide bonds. The lowest BCUT2D eigenvalue weighted by molar-refractivity contribution is 0.0859. The van der Waals surface area contributed by atoms with Gasteiger partial charge >= 0.3 is 0 Å². The highest BCUT2D eigenvalue weighted by Crippen LogP contribution is 2.41. The van der Waals surface area contributed by atoms with Crippen molar-refractivity contribution < 1.29 is 10.2 Å². The molecule has 0 heterocycles. The minimum Gasteiger partial charge on any atom is -0.394 e. The van der Waals surface area contributed by atoms with Crippen molar-refractivity contribution in [2.45, 2.75) is 109 Å². The van der Waals surface area contributed by atoms with Gasteiger partial charge in [0.25, 0.3) is 0 Å². The van der Waals surface area contributed by atoms with Crippen LogP contribution in [0.1, 0.15) is 103 Å². The van der Waals surface area contributed by atoms with Crippen molar-refractivity contribution in [3.05, 3.63) is 24.3 Å². The van der Waals surface area contributed by atoms with Gasteiger partial charge in [-0.25, -0.2) is 0 Å². The molecule has 0 bridgehead atoms. The highest BCUT2D eigenvalue weighted by molar-refractivity contribution is 5.10. The van der Waals surface area contributed by atoms with Crippen molar-refractivity contribution in [3.63, 3.8) is 0 Å². The van der Waals surface area contributed by atoms with Gasteiger partial charge in [0.1, 0.15) is 0 Å². The monoisotopic (exact) mass is 390 g/mol. The first-order valence-electron chi connectivity index (χ1n) is 12.4. The molecular formula is C26H46O2. The number of rotatable bonds is 17. The minimum absolute atomic E-state index is 0.0951. The maximum atomic E-state index is 9.39. The fourth-order valence-corrected chi connectivity index (χ4v) is 4.85. The topological polar surface area (TPSA) is 40.5 Å². The number of hydrogen-bond donors (Lipinski definition) is 2. The Hall–Kier alpha value is -0.600. The predicted octanol–water partition coefficient (Wildman–Crippen LogP) is 6.82. The van der Waals surface area contributed by atoms with E-state index in [9.17, 15) is 5.11 Å². The van der Waals surface area contributed by atoms with Crippen molar-refractivity contribution in [1.82, 2.24) is 0 Å². The van der Waals surface area contributed by atoms with Crippen LogP contribution in [-0.2, 0) is 0 Å². The molecule has 1 fully saturated rings. The summed E-state index contributed by atoms with van der Waals surface area (Å²) in [5.74, 6) is 3.45. The van der Waals surface area contributed by atoms with Gasteiger partial charge < -0.3 is 10.2 Å². The lowest BCUT2D eigenvalue weighted by atomic mass is 9.88. The van der Waals surface area contributed by atoms with Crippen LogP contribution in [0.2, 0.25) is 0 Å². The summed E-state index contributed by atoms with van der Waals surface area (Å²) in [6.07, 6.45) is 28.8. The van der Waals surface area contributed by atoms with Gasteiger partial charge in [-0.3, -0.25) is 0 Å². The number of unbranched alkanes of at least 4 members (excludes halogenated alkanes) is 6. The molecule has 0 aromatic rings.